The molecule has 4 aromatic carbocycles. The van der Waals surface area contributed by atoms with Gasteiger partial charge in [0.05, 0.1) is 0 Å². The van der Waals surface area contributed by atoms with Crippen molar-refractivity contribution in [2.24, 2.45) is 0 Å². The molecule has 0 spiro atoms. The fourth-order valence-electron chi connectivity index (χ4n) is 2.67. The molecule has 0 saturated heterocycles. The second kappa shape index (κ2) is 10.3. The van der Waals surface area contributed by atoms with E-state index in [1.165, 1.54) is 9.79 Å². The number of hydrogen-bond acceptors (Lipinski definition) is 5. The topological polar surface area (TPSA) is 92.5 Å². The van der Waals surface area contributed by atoms with Crippen LogP contribution in [0.1, 0.15) is 11.1 Å². The Morgan fingerprint density at radius 2 is 0.833 bits per heavy atom. The molecule has 0 aliphatic carbocycles. The van der Waals surface area contributed by atoms with E-state index in [0.29, 0.717) is 0 Å². The van der Waals surface area contributed by atoms with Gasteiger partial charge in [0.15, 0.2) is 0 Å². The Morgan fingerprint density at radius 3 is 1.17 bits per heavy atom. The van der Waals surface area contributed by atoms with Crippen LogP contribution >= 0.6 is 11.8 Å². The van der Waals surface area contributed by atoms with Crippen molar-refractivity contribution in [3.63, 3.8) is 0 Å². The second-order valence-electron chi connectivity index (χ2n) is 6.75. The van der Waals surface area contributed by atoms with Gasteiger partial charge < -0.3 is 21.7 Å². The molecule has 0 amide bonds. The van der Waals surface area contributed by atoms with Gasteiger partial charge in [-0.1, -0.05) is 36.0 Å². The van der Waals surface area contributed by atoms with Gasteiger partial charge in [-0.3, -0.25) is 0 Å². The summed E-state index contributed by atoms with van der Waals surface area (Å²) in [6.45, 7) is 0. The monoisotopic (exact) mass is 416 g/mol. The highest BCUT2D eigenvalue weighted by Crippen LogP contribution is 2.28. The van der Waals surface area contributed by atoms with Crippen molar-refractivity contribution < 1.29 is 10.2 Å². The minimum Gasteiger partial charge on any atom is -0.508 e. The highest BCUT2D eigenvalue weighted by atomic mass is 32.2. The predicted molar refractivity (Wildman–Crippen MR) is 125 cm³/mol. The summed E-state index contributed by atoms with van der Waals surface area (Å²) in [6, 6.07) is 29.9. The number of benzene rings is 4. The zero-order valence-corrected chi connectivity index (χ0v) is 17.2. The van der Waals surface area contributed by atoms with Gasteiger partial charge >= 0.3 is 0 Å². The number of hydrogen-bond donors (Lipinski definition) is 4. The maximum Gasteiger partial charge on any atom is 0.115 e. The van der Waals surface area contributed by atoms with E-state index in [0.717, 1.165) is 28.9 Å². The van der Waals surface area contributed by atoms with Crippen molar-refractivity contribution in [3.05, 3.63) is 108 Å². The third-order valence-corrected chi connectivity index (χ3v) is 5.29. The van der Waals surface area contributed by atoms with Crippen molar-refractivity contribution in [1.29, 1.82) is 0 Å². The summed E-state index contributed by atoms with van der Waals surface area (Å²) in [4.78, 5) is 2.35. The molecule has 4 rings (SSSR count). The molecule has 0 aromatic heterocycles. The van der Waals surface area contributed by atoms with E-state index in [4.69, 9.17) is 21.7 Å². The first-order valence-electron chi connectivity index (χ1n) is 9.43. The number of rotatable bonds is 4. The third kappa shape index (κ3) is 6.79. The fraction of sp³-hybridized carbons (Fsp3) is 0.0400. The number of nitrogen functional groups attached to an aromatic ring is 2. The van der Waals surface area contributed by atoms with Crippen molar-refractivity contribution in [2.75, 3.05) is 11.5 Å². The second-order valence-corrected chi connectivity index (χ2v) is 7.90. The fourth-order valence-corrected chi connectivity index (χ4v) is 3.49. The van der Waals surface area contributed by atoms with E-state index in [1.54, 1.807) is 36.0 Å². The third-order valence-electron chi connectivity index (χ3n) is 4.28. The first-order valence-corrected chi connectivity index (χ1v) is 10.2. The van der Waals surface area contributed by atoms with Crippen molar-refractivity contribution >= 4 is 23.1 Å². The Labute approximate surface area is 180 Å². The van der Waals surface area contributed by atoms with Gasteiger partial charge in [0, 0.05) is 21.2 Å². The quantitative estimate of drug-likeness (QED) is 0.321. The summed E-state index contributed by atoms with van der Waals surface area (Å²) in [5.74, 6) is 0.564. The lowest BCUT2D eigenvalue weighted by molar-refractivity contribution is 0.475. The Balaban J connectivity index is 0.000000171. The van der Waals surface area contributed by atoms with Crippen LogP contribution < -0.4 is 11.5 Å². The predicted octanol–water partition coefficient (Wildman–Crippen LogP) is 5.69. The van der Waals surface area contributed by atoms with Crippen LogP contribution in [0.4, 0.5) is 11.4 Å². The lowest BCUT2D eigenvalue weighted by atomic mass is 10.1. The van der Waals surface area contributed by atoms with Gasteiger partial charge in [-0.25, -0.2) is 0 Å². The number of phenols is 2. The van der Waals surface area contributed by atoms with E-state index in [-0.39, 0.29) is 11.5 Å². The van der Waals surface area contributed by atoms with E-state index in [9.17, 15) is 0 Å². The van der Waals surface area contributed by atoms with Crippen LogP contribution in [-0.4, -0.2) is 10.2 Å². The summed E-state index contributed by atoms with van der Waals surface area (Å²) < 4.78 is 0. The van der Waals surface area contributed by atoms with E-state index in [2.05, 4.69) is 0 Å². The van der Waals surface area contributed by atoms with Crippen molar-refractivity contribution in [1.82, 2.24) is 0 Å². The summed E-state index contributed by atoms with van der Waals surface area (Å²) in [5.41, 5.74) is 15.1. The lowest BCUT2D eigenvalue weighted by Gasteiger charge is -2.02. The van der Waals surface area contributed by atoms with Gasteiger partial charge in [-0.2, -0.15) is 0 Å². The minimum atomic E-state index is 0.282. The van der Waals surface area contributed by atoms with Crippen LogP contribution in [0.15, 0.2) is 107 Å². The molecule has 0 atom stereocenters. The van der Waals surface area contributed by atoms with Gasteiger partial charge in [0.25, 0.3) is 0 Å². The molecule has 0 aliphatic heterocycles. The SMILES string of the molecule is Nc1ccc(Sc2ccc(N)cc2)cc1.Oc1ccc(Cc2ccc(O)cc2)cc1. The molecule has 152 valence electrons. The molecule has 0 fully saturated rings. The van der Waals surface area contributed by atoms with Crippen LogP contribution in [0.2, 0.25) is 0 Å². The Morgan fingerprint density at radius 1 is 0.500 bits per heavy atom. The maximum absolute atomic E-state index is 9.13. The smallest absolute Gasteiger partial charge is 0.115 e. The average Bonchev–Trinajstić information content (AvgIpc) is 2.75. The van der Waals surface area contributed by atoms with Crippen molar-refractivity contribution in [2.45, 2.75) is 16.2 Å². The van der Waals surface area contributed by atoms with Gasteiger partial charge in [-0.15, -0.1) is 0 Å². The minimum absolute atomic E-state index is 0.282. The molecule has 30 heavy (non-hydrogen) atoms. The van der Waals surface area contributed by atoms with E-state index < -0.39 is 0 Å². The summed E-state index contributed by atoms with van der Waals surface area (Å²) in [7, 11) is 0. The normalized spacial score (nSPS) is 10.1. The average molecular weight is 417 g/mol. The molecule has 0 saturated carbocycles. The summed E-state index contributed by atoms with van der Waals surface area (Å²) >= 11 is 1.69. The molecule has 6 N–H and O–H groups in total. The van der Waals surface area contributed by atoms with Crippen LogP contribution in [0.25, 0.3) is 0 Å². The number of phenolic OH excluding ortho intramolecular Hbond substituents is 2. The van der Waals surface area contributed by atoms with Gasteiger partial charge in [-0.05, 0) is 90.3 Å². The molecule has 0 aliphatic rings. The molecule has 0 heterocycles. The van der Waals surface area contributed by atoms with Crippen LogP contribution in [0.3, 0.4) is 0 Å². The Kier molecular flexibility index (Phi) is 7.24. The lowest BCUT2D eigenvalue weighted by Crippen LogP contribution is -1.86. The van der Waals surface area contributed by atoms with Gasteiger partial charge in [0.2, 0.25) is 0 Å². The molecule has 5 heteroatoms. The van der Waals surface area contributed by atoms with Crippen molar-refractivity contribution in [3.8, 4) is 11.5 Å². The standard InChI is InChI=1S/C13H12O2.C12H12N2S/c14-12-5-1-10(2-6-12)9-11-3-7-13(15)8-4-11;13-9-1-5-11(6-2-9)15-12-7-3-10(14)4-8-12/h1-8,14-15H,9H2;1-8H,13-14H2. The Hall–Kier alpha value is -3.57. The molecule has 0 unspecified atom stereocenters. The van der Waals surface area contributed by atoms with Crippen LogP contribution in [0.5, 0.6) is 11.5 Å². The number of aromatic hydroxyl groups is 2. The Bertz CT molecular complexity index is 870. The van der Waals surface area contributed by atoms with E-state index in [1.807, 2.05) is 72.8 Å². The molecule has 4 aromatic rings. The molecular weight excluding hydrogens is 392 g/mol. The first-order chi connectivity index (χ1) is 14.5. The van der Waals surface area contributed by atoms with Crippen LogP contribution in [-0.2, 0) is 6.42 Å². The summed E-state index contributed by atoms with van der Waals surface area (Å²) in [6.07, 6.45) is 0.806. The maximum atomic E-state index is 9.13. The zero-order valence-electron chi connectivity index (χ0n) is 16.4. The molecule has 0 bridgehead atoms. The molecule has 4 nitrogen and oxygen atoms in total. The summed E-state index contributed by atoms with van der Waals surface area (Å²) in [5, 5.41) is 18.3. The highest BCUT2D eigenvalue weighted by Gasteiger charge is 1.97. The number of nitrogens with two attached hydrogens (primary N) is 2. The highest BCUT2D eigenvalue weighted by molar-refractivity contribution is 7.99. The first kappa shape index (κ1) is 21.1. The largest absolute Gasteiger partial charge is 0.508 e. The van der Waals surface area contributed by atoms with E-state index >= 15 is 0 Å². The molecular formula is C25H24N2O2S. The zero-order chi connectivity index (χ0) is 21.3. The van der Waals surface area contributed by atoms with Crippen LogP contribution in [0, 0.1) is 0 Å². The van der Waals surface area contributed by atoms with Gasteiger partial charge in [0.1, 0.15) is 11.5 Å². The number of anilines is 2. The molecule has 0 radical (unpaired) electrons.